The van der Waals surface area contributed by atoms with E-state index in [1.807, 2.05) is 0 Å². The van der Waals surface area contributed by atoms with Crippen LogP contribution < -0.4 is 26.2 Å². The van der Waals surface area contributed by atoms with Crippen LogP contribution in [-0.2, 0) is 0 Å². The van der Waals surface area contributed by atoms with Gasteiger partial charge in [-0.05, 0) is 131 Å². The van der Waals surface area contributed by atoms with Crippen LogP contribution >= 0.6 is 0 Å². The molecule has 378 valence electrons. The number of hydrogen-bond acceptors (Lipinski definition) is 2. The molecule has 15 rings (SSSR count). The average Bonchev–Trinajstić information content (AvgIpc) is 3.73. The Balaban J connectivity index is 1.08. The second kappa shape index (κ2) is 20.4. The van der Waals surface area contributed by atoms with Crippen LogP contribution in [0.4, 0.5) is 34.1 Å². The summed E-state index contributed by atoms with van der Waals surface area (Å²) in [6, 6.07) is 119. The van der Waals surface area contributed by atoms with Crippen LogP contribution in [0.15, 0.2) is 322 Å². The molecule has 3 heteroatoms. The molecule has 0 N–H and O–H groups in total. The van der Waals surface area contributed by atoms with E-state index in [1.165, 1.54) is 106 Å². The predicted octanol–water partition coefficient (Wildman–Crippen LogP) is 19.1. The van der Waals surface area contributed by atoms with Gasteiger partial charge >= 0.3 is 0 Å². The molecule has 0 aliphatic carbocycles. The lowest BCUT2D eigenvalue weighted by molar-refractivity contribution is 1.25. The fraction of sp³-hybridized carbons (Fsp3) is 0. The summed E-state index contributed by atoms with van der Waals surface area (Å²) < 4.78 is 0. The van der Waals surface area contributed by atoms with Gasteiger partial charge in [0, 0.05) is 45.3 Å². The van der Waals surface area contributed by atoms with Crippen LogP contribution in [0.2, 0.25) is 0 Å². The van der Waals surface area contributed by atoms with Gasteiger partial charge in [-0.25, -0.2) is 0 Å². The third-order valence-electron chi connectivity index (χ3n) is 16.5. The second-order valence-corrected chi connectivity index (χ2v) is 21.1. The molecule has 13 aromatic carbocycles. The molecular weight excluding hydrogens is 976 g/mol. The molecule has 0 unspecified atom stereocenters. The number of benzene rings is 13. The van der Waals surface area contributed by atoms with E-state index in [2.05, 4.69) is 331 Å². The first kappa shape index (κ1) is 47.7. The molecule has 0 amide bonds. The lowest BCUT2D eigenvalue weighted by atomic mass is 9.33. The third kappa shape index (κ3) is 8.29. The van der Waals surface area contributed by atoms with Crippen molar-refractivity contribution >= 4 is 57.2 Å². The molecule has 2 heterocycles. The van der Waals surface area contributed by atoms with Gasteiger partial charge in [0.05, 0.1) is 0 Å². The summed E-state index contributed by atoms with van der Waals surface area (Å²) in [5, 5.41) is 0. The normalized spacial score (nSPS) is 12.1. The Morgan fingerprint density at radius 2 is 0.481 bits per heavy atom. The highest BCUT2D eigenvalue weighted by Gasteiger charge is 2.46. The molecular formula is C78H53BN2. The molecule has 2 aliphatic rings. The van der Waals surface area contributed by atoms with Crippen LogP contribution in [0.1, 0.15) is 0 Å². The molecule has 2 nitrogen and oxygen atoms in total. The Labute approximate surface area is 474 Å². The zero-order valence-corrected chi connectivity index (χ0v) is 44.6. The van der Waals surface area contributed by atoms with Crippen molar-refractivity contribution in [2.24, 2.45) is 0 Å². The number of fused-ring (bicyclic) bond motifs is 4. The molecule has 0 bridgehead atoms. The fourth-order valence-electron chi connectivity index (χ4n) is 13.0. The maximum Gasteiger partial charge on any atom is 0.252 e. The van der Waals surface area contributed by atoms with E-state index in [9.17, 15) is 0 Å². The number of hydrogen-bond donors (Lipinski definition) is 0. The first-order valence-electron chi connectivity index (χ1n) is 28.0. The molecule has 0 spiro atoms. The maximum absolute atomic E-state index is 2.61. The molecule has 13 aromatic rings. The van der Waals surface area contributed by atoms with Gasteiger partial charge in [0.15, 0.2) is 0 Å². The monoisotopic (exact) mass is 1030 g/mol. The fourth-order valence-corrected chi connectivity index (χ4v) is 13.0. The highest BCUT2D eigenvalue weighted by Crippen LogP contribution is 2.53. The Morgan fingerprint density at radius 3 is 0.802 bits per heavy atom. The number of nitrogens with zero attached hydrogens (tertiary/aromatic N) is 2. The van der Waals surface area contributed by atoms with Crippen LogP contribution in [0.5, 0.6) is 0 Å². The first-order valence-corrected chi connectivity index (χ1v) is 28.0. The first-order chi connectivity index (χ1) is 40.2. The summed E-state index contributed by atoms with van der Waals surface area (Å²) in [6.45, 7) is -0.164. The van der Waals surface area contributed by atoms with Crippen molar-refractivity contribution in [1.29, 1.82) is 0 Å². The third-order valence-corrected chi connectivity index (χ3v) is 16.5. The molecule has 0 saturated carbocycles. The highest BCUT2D eigenvalue weighted by atomic mass is 15.2. The summed E-state index contributed by atoms with van der Waals surface area (Å²) >= 11 is 0. The van der Waals surface area contributed by atoms with E-state index in [-0.39, 0.29) is 6.71 Å². The maximum atomic E-state index is 2.61. The van der Waals surface area contributed by atoms with Gasteiger partial charge in [-0.3, -0.25) is 0 Å². The molecule has 81 heavy (non-hydrogen) atoms. The van der Waals surface area contributed by atoms with Crippen molar-refractivity contribution in [1.82, 2.24) is 0 Å². The summed E-state index contributed by atoms with van der Waals surface area (Å²) in [4.78, 5) is 5.21. The predicted molar refractivity (Wildman–Crippen MR) is 344 cm³/mol. The van der Waals surface area contributed by atoms with Crippen molar-refractivity contribution in [2.75, 3.05) is 9.80 Å². The van der Waals surface area contributed by atoms with Gasteiger partial charge in [-0.1, -0.05) is 285 Å². The Hall–Kier alpha value is -10.5. The molecule has 2 aliphatic heterocycles. The summed E-state index contributed by atoms with van der Waals surface area (Å²) in [5.74, 6) is 0. The van der Waals surface area contributed by atoms with Crippen molar-refractivity contribution in [3.8, 4) is 89.0 Å². The Kier molecular flexibility index (Phi) is 12.0. The topological polar surface area (TPSA) is 6.48 Å². The van der Waals surface area contributed by atoms with Gasteiger partial charge in [-0.2, -0.15) is 0 Å². The van der Waals surface area contributed by atoms with E-state index in [0.29, 0.717) is 0 Å². The van der Waals surface area contributed by atoms with Crippen LogP contribution in [0.3, 0.4) is 0 Å². The number of anilines is 6. The van der Waals surface area contributed by atoms with E-state index < -0.39 is 0 Å². The van der Waals surface area contributed by atoms with Gasteiger partial charge < -0.3 is 9.80 Å². The van der Waals surface area contributed by atoms with Gasteiger partial charge in [-0.15, -0.1) is 0 Å². The summed E-state index contributed by atoms with van der Waals surface area (Å²) in [6.07, 6.45) is 0. The van der Waals surface area contributed by atoms with Crippen LogP contribution in [0.25, 0.3) is 89.0 Å². The summed E-state index contributed by atoms with van der Waals surface area (Å²) in [7, 11) is 0. The van der Waals surface area contributed by atoms with E-state index in [0.717, 1.165) is 33.9 Å². The van der Waals surface area contributed by atoms with Gasteiger partial charge in [0.1, 0.15) is 0 Å². The van der Waals surface area contributed by atoms with Crippen molar-refractivity contribution in [3.05, 3.63) is 322 Å². The quantitative estimate of drug-likeness (QED) is 0.126. The second-order valence-electron chi connectivity index (χ2n) is 21.1. The molecule has 0 saturated heterocycles. The average molecular weight is 1030 g/mol. The van der Waals surface area contributed by atoms with Crippen molar-refractivity contribution < 1.29 is 0 Å². The molecule has 0 aromatic heterocycles. The standard InChI is InChI=1S/C78H53BN2/c1-9-26-54(27-10-1)64-46-44-62(52-68(64)58-34-17-5-18-35-58)80-72-42-25-43-73-76(72)79(70-50-48-66(56-30-13-3-14-31-56)74(77(70)80)60-38-21-7-22-39-60)71-51-49-67(57-32-15-4-16-33-57)75(61-40-23-8-24-41-61)78(71)81(73)63-45-47-65(55-28-11-2-12-29-55)69(53-63)59-36-19-6-20-37-59/h1-53H. The van der Waals surface area contributed by atoms with Gasteiger partial charge in [0.2, 0.25) is 0 Å². The summed E-state index contributed by atoms with van der Waals surface area (Å²) in [5.41, 5.74) is 29.4. The molecule has 0 atom stereocenters. The minimum Gasteiger partial charge on any atom is -0.311 e. The van der Waals surface area contributed by atoms with E-state index in [1.54, 1.807) is 0 Å². The Morgan fingerprint density at radius 1 is 0.210 bits per heavy atom. The molecule has 0 fully saturated rings. The largest absolute Gasteiger partial charge is 0.311 e. The lowest BCUT2D eigenvalue weighted by Crippen LogP contribution is -2.61. The lowest BCUT2D eigenvalue weighted by Gasteiger charge is -2.46. The Bertz CT molecular complexity index is 4140. The minimum absolute atomic E-state index is 0.164. The molecule has 0 radical (unpaired) electrons. The van der Waals surface area contributed by atoms with E-state index >= 15 is 0 Å². The number of rotatable bonds is 10. The minimum atomic E-state index is -0.164. The van der Waals surface area contributed by atoms with Crippen LogP contribution in [0, 0.1) is 0 Å². The zero-order chi connectivity index (χ0) is 53.6. The van der Waals surface area contributed by atoms with E-state index in [4.69, 9.17) is 0 Å². The highest BCUT2D eigenvalue weighted by molar-refractivity contribution is 7.00. The van der Waals surface area contributed by atoms with Crippen LogP contribution in [-0.4, -0.2) is 6.71 Å². The SMILES string of the molecule is c1ccc(-c2ccc(N3c4cccc5c4B(c4ccc(-c6ccccc6)c(-c6ccccc6)c43)c3ccc(-c4ccccc4)c(-c4ccccc4)c3N5c3ccc(-c4ccccc4)c(-c4ccccc4)c3)cc2-c2ccccc2)cc1. The zero-order valence-electron chi connectivity index (χ0n) is 44.6. The van der Waals surface area contributed by atoms with Crippen molar-refractivity contribution in [3.63, 3.8) is 0 Å². The van der Waals surface area contributed by atoms with Gasteiger partial charge in [0.25, 0.3) is 6.71 Å². The van der Waals surface area contributed by atoms with Crippen molar-refractivity contribution in [2.45, 2.75) is 0 Å². The smallest absolute Gasteiger partial charge is 0.252 e.